The monoisotopic (exact) mass is 295 g/mol. The number of hydrogen-bond acceptors (Lipinski definition) is 4. The Morgan fingerprint density at radius 1 is 1.20 bits per heavy atom. The Bertz CT molecular complexity index is 641. The van der Waals surface area contributed by atoms with Gasteiger partial charge < -0.3 is 10.5 Å². The average molecular weight is 296 g/mol. The minimum Gasteiger partial charge on any atom is -0.439 e. The summed E-state index contributed by atoms with van der Waals surface area (Å²) in [6.07, 6.45) is 0. The molecule has 0 fully saturated rings. The van der Waals surface area contributed by atoms with E-state index in [9.17, 15) is 4.39 Å². The molecule has 4 nitrogen and oxygen atoms in total. The largest absolute Gasteiger partial charge is 0.439 e. The molecule has 0 atom stereocenters. The van der Waals surface area contributed by atoms with Gasteiger partial charge in [0.25, 0.3) is 0 Å². The molecule has 1 aromatic carbocycles. The summed E-state index contributed by atoms with van der Waals surface area (Å²) in [5.74, 6) is 0.868. The molecule has 0 aliphatic rings. The van der Waals surface area contributed by atoms with E-state index in [-0.39, 0.29) is 16.3 Å². The van der Waals surface area contributed by atoms with Crippen LogP contribution in [0, 0.1) is 5.82 Å². The number of rotatable bonds is 2. The highest BCUT2D eigenvalue weighted by Crippen LogP contribution is 2.27. The smallest absolute Gasteiger partial charge is 0.224 e. The van der Waals surface area contributed by atoms with E-state index < -0.39 is 5.82 Å². The topological polar surface area (TPSA) is 61.0 Å². The van der Waals surface area contributed by atoms with Gasteiger partial charge in [-0.2, -0.15) is 4.98 Å². The Labute approximate surface area is 121 Å². The van der Waals surface area contributed by atoms with Crippen LogP contribution in [0.3, 0.4) is 0 Å². The lowest BCUT2D eigenvalue weighted by molar-refractivity contribution is 0.443. The number of anilines is 1. The zero-order valence-electron chi connectivity index (χ0n) is 11.4. The first-order chi connectivity index (χ1) is 9.25. The highest BCUT2D eigenvalue weighted by Gasteiger charge is 2.19. The molecule has 1 heterocycles. The first-order valence-electron chi connectivity index (χ1n) is 6.03. The van der Waals surface area contributed by atoms with Crippen molar-refractivity contribution in [3.05, 3.63) is 40.9 Å². The van der Waals surface area contributed by atoms with E-state index in [0.29, 0.717) is 17.4 Å². The van der Waals surface area contributed by atoms with Crippen molar-refractivity contribution in [3.8, 4) is 11.6 Å². The third-order valence-electron chi connectivity index (χ3n) is 2.51. The minimum absolute atomic E-state index is 0.0370. The summed E-state index contributed by atoms with van der Waals surface area (Å²) < 4.78 is 18.9. The van der Waals surface area contributed by atoms with Crippen molar-refractivity contribution in [1.82, 2.24) is 9.97 Å². The summed E-state index contributed by atoms with van der Waals surface area (Å²) in [6, 6.07) is 5.65. The second-order valence-electron chi connectivity index (χ2n) is 5.38. The van der Waals surface area contributed by atoms with Crippen LogP contribution in [0.4, 0.5) is 10.2 Å². The fourth-order valence-corrected chi connectivity index (χ4v) is 1.61. The van der Waals surface area contributed by atoms with Crippen LogP contribution in [-0.4, -0.2) is 9.97 Å². The second kappa shape index (κ2) is 5.25. The Kier molecular flexibility index (Phi) is 3.81. The van der Waals surface area contributed by atoms with Crippen LogP contribution in [0.15, 0.2) is 24.3 Å². The molecular formula is C14H15ClFN3O. The summed E-state index contributed by atoms with van der Waals surface area (Å²) in [5.41, 5.74) is 5.47. The maximum Gasteiger partial charge on any atom is 0.224 e. The lowest BCUT2D eigenvalue weighted by atomic mass is 9.96. The van der Waals surface area contributed by atoms with Crippen LogP contribution in [0.2, 0.25) is 5.02 Å². The van der Waals surface area contributed by atoms with E-state index in [2.05, 4.69) is 9.97 Å². The van der Waals surface area contributed by atoms with Gasteiger partial charge in [-0.1, -0.05) is 32.4 Å². The fourth-order valence-electron chi connectivity index (χ4n) is 1.49. The zero-order valence-corrected chi connectivity index (χ0v) is 12.2. The van der Waals surface area contributed by atoms with E-state index in [4.69, 9.17) is 22.1 Å². The van der Waals surface area contributed by atoms with E-state index in [1.807, 2.05) is 20.8 Å². The quantitative estimate of drug-likeness (QED) is 0.911. The van der Waals surface area contributed by atoms with E-state index in [1.165, 1.54) is 18.2 Å². The number of ether oxygens (including phenoxy) is 1. The van der Waals surface area contributed by atoms with Crippen LogP contribution in [0.1, 0.15) is 26.6 Å². The SMILES string of the molecule is CC(C)(C)c1nc(N)cc(Oc2ccc(Cl)c(F)c2)n1. The molecule has 20 heavy (non-hydrogen) atoms. The van der Waals surface area contributed by atoms with Gasteiger partial charge in [0.2, 0.25) is 5.88 Å². The fraction of sp³-hybridized carbons (Fsp3) is 0.286. The lowest BCUT2D eigenvalue weighted by Gasteiger charge is -2.17. The van der Waals surface area contributed by atoms with Gasteiger partial charge in [0, 0.05) is 17.5 Å². The first kappa shape index (κ1) is 14.5. The molecule has 0 unspecified atom stereocenters. The van der Waals surface area contributed by atoms with Crippen molar-refractivity contribution in [3.63, 3.8) is 0 Å². The number of nitrogen functional groups attached to an aromatic ring is 1. The van der Waals surface area contributed by atoms with E-state index >= 15 is 0 Å². The summed E-state index contributed by atoms with van der Waals surface area (Å²) in [4.78, 5) is 8.45. The Morgan fingerprint density at radius 3 is 2.50 bits per heavy atom. The Morgan fingerprint density at radius 2 is 1.90 bits per heavy atom. The zero-order chi connectivity index (χ0) is 14.9. The number of nitrogens with zero attached hydrogens (tertiary/aromatic N) is 2. The maximum atomic E-state index is 13.4. The molecule has 0 amide bonds. The predicted molar refractivity (Wildman–Crippen MR) is 76.6 cm³/mol. The lowest BCUT2D eigenvalue weighted by Crippen LogP contribution is -2.17. The van der Waals surface area contributed by atoms with Crippen molar-refractivity contribution in [2.75, 3.05) is 5.73 Å². The van der Waals surface area contributed by atoms with Crippen molar-refractivity contribution < 1.29 is 9.13 Å². The van der Waals surface area contributed by atoms with Crippen molar-refractivity contribution in [2.24, 2.45) is 0 Å². The molecule has 6 heteroatoms. The standard InChI is InChI=1S/C14H15ClFN3O/c1-14(2,3)13-18-11(17)7-12(19-13)20-8-4-5-9(15)10(16)6-8/h4-7H,1-3H3,(H2,17,18,19). The molecule has 0 bridgehead atoms. The number of nitrogens with two attached hydrogens (primary N) is 1. The minimum atomic E-state index is -0.553. The summed E-state index contributed by atoms with van der Waals surface area (Å²) in [7, 11) is 0. The first-order valence-corrected chi connectivity index (χ1v) is 6.41. The number of halogens is 2. The highest BCUT2D eigenvalue weighted by atomic mass is 35.5. The summed E-state index contributed by atoms with van der Waals surface area (Å²) >= 11 is 5.62. The molecule has 0 aliphatic heterocycles. The van der Waals surface area contributed by atoms with E-state index in [1.54, 1.807) is 6.07 Å². The van der Waals surface area contributed by atoms with Crippen LogP contribution < -0.4 is 10.5 Å². The molecule has 2 rings (SSSR count). The van der Waals surface area contributed by atoms with Gasteiger partial charge in [-0.3, -0.25) is 0 Å². The van der Waals surface area contributed by atoms with Crippen molar-refractivity contribution in [2.45, 2.75) is 26.2 Å². The molecule has 0 saturated carbocycles. The third-order valence-corrected chi connectivity index (χ3v) is 2.81. The van der Waals surface area contributed by atoms with Gasteiger partial charge >= 0.3 is 0 Å². The number of hydrogen-bond donors (Lipinski definition) is 1. The average Bonchev–Trinajstić information content (AvgIpc) is 2.32. The van der Waals surface area contributed by atoms with Crippen LogP contribution >= 0.6 is 11.6 Å². The van der Waals surface area contributed by atoms with Crippen LogP contribution in [0.25, 0.3) is 0 Å². The molecule has 0 aliphatic carbocycles. The molecule has 0 spiro atoms. The Balaban J connectivity index is 2.33. The normalized spacial score (nSPS) is 11.4. The number of aromatic nitrogens is 2. The molecule has 0 saturated heterocycles. The molecule has 2 aromatic rings. The third kappa shape index (κ3) is 3.36. The highest BCUT2D eigenvalue weighted by molar-refractivity contribution is 6.30. The number of benzene rings is 1. The van der Waals surface area contributed by atoms with Crippen LogP contribution in [0.5, 0.6) is 11.6 Å². The summed E-state index contributed by atoms with van der Waals surface area (Å²) in [6.45, 7) is 5.90. The van der Waals surface area contributed by atoms with Crippen molar-refractivity contribution >= 4 is 17.4 Å². The van der Waals surface area contributed by atoms with Gasteiger partial charge in [-0.25, -0.2) is 9.37 Å². The maximum absolute atomic E-state index is 13.4. The van der Waals surface area contributed by atoms with Gasteiger partial charge in [-0.15, -0.1) is 0 Å². The predicted octanol–water partition coefficient (Wildman–Crippen LogP) is 3.94. The Hall–Kier alpha value is -1.88. The van der Waals surface area contributed by atoms with Crippen molar-refractivity contribution in [1.29, 1.82) is 0 Å². The van der Waals surface area contributed by atoms with Crippen LogP contribution in [-0.2, 0) is 5.41 Å². The molecule has 1 aromatic heterocycles. The molecular weight excluding hydrogens is 281 g/mol. The van der Waals surface area contributed by atoms with E-state index in [0.717, 1.165) is 0 Å². The second-order valence-corrected chi connectivity index (χ2v) is 5.79. The van der Waals surface area contributed by atoms with Gasteiger partial charge in [0.15, 0.2) is 0 Å². The van der Waals surface area contributed by atoms with Gasteiger partial charge in [0.05, 0.1) is 5.02 Å². The molecule has 2 N–H and O–H groups in total. The van der Waals surface area contributed by atoms with Gasteiger partial charge in [0.1, 0.15) is 23.2 Å². The molecule has 106 valence electrons. The van der Waals surface area contributed by atoms with Gasteiger partial charge in [-0.05, 0) is 12.1 Å². The molecule has 0 radical (unpaired) electrons. The summed E-state index contributed by atoms with van der Waals surface area (Å²) in [5, 5.41) is 0.0370.